The van der Waals surface area contributed by atoms with E-state index in [0.717, 1.165) is 38.4 Å². The van der Waals surface area contributed by atoms with Crippen molar-refractivity contribution >= 4 is 104 Å². The van der Waals surface area contributed by atoms with Crippen molar-refractivity contribution in [2.75, 3.05) is 39.3 Å². The molecule has 3 aromatic heterocycles. The van der Waals surface area contributed by atoms with E-state index in [1.165, 1.54) is 0 Å². The monoisotopic (exact) mass is 1230 g/mol. The molecule has 33 nitrogen and oxygen atoms in total. The molecule has 5 rings (SSSR count). The number of carbonyl (C=O) groups is 7. The van der Waals surface area contributed by atoms with Crippen LogP contribution in [0.15, 0.2) is 85.9 Å². The van der Waals surface area contributed by atoms with Gasteiger partial charge in [-0.05, 0) is 113 Å². The van der Waals surface area contributed by atoms with Gasteiger partial charge >= 0.3 is 5.97 Å². The zero-order valence-corrected chi connectivity index (χ0v) is 49.5. The number of hydrogen-bond acceptors (Lipinski definition) is 15. The lowest BCUT2D eigenvalue weighted by Gasteiger charge is -2.27. The molecular weight excluding hydrogens is 1150 g/mol. The molecule has 2 aromatic carbocycles. The van der Waals surface area contributed by atoms with Gasteiger partial charge in [-0.1, -0.05) is 18.6 Å². The van der Waals surface area contributed by atoms with Gasteiger partial charge in [0, 0.05) is 80.0 Å². The highest BCUT2D eigenvalue weighted by molar-refractivity contribution is 6.21. The van der Waals surface area contributed by atoms with E-state index in [1.807, 2.05) is 36.4 Å². The number of fused-ring (bicyclic) bond motifs is 6. The number of amides is 6. The number of unbranched alkanes of at least 4 members (excludes halogenated alkanes) is 2. The number of carboxylic acid groups (broad SMARTS) is 1. The number of nitrogens with two attached hydrogens (primary N) is 10. The Hall–Kier alpha value is -10.6. The summed E-state index contributed by atoms with van der Waals surface area (Å²) in [4.78, 5) is 133. The molecule has 0 aliphatic heterocycles. The molecule has 0 bridgehead atoms. The normalized spacial score (nSPS) is 12.6. The molecule has 5 aromatic rings. The van der Waals surface area contributed by atoms with Crippen LogP contribution in [0.25, 0.3) is 44.2 Å². The summed E-state index contributed by atoms with van der Waals surface area (Å²) < 4.78 is 0. The van der Waals surface area contributed by atoms with Crippen molar-refractivity contribution in [2.45, 2.75) is 120 Å². The van der Waals surface area contributed by atoms with Crippen LogP contribution in [0.1, 0.15) is 100 Å². The fourth-order valence-corrected chi connectivity index (χ4v) is 9.36. The number of benzene rings is 2. The Morgan fingerprint density at radius 1 is 0.461 bits per heavy atom. The molecule has 3 heterocycles. The van der Waals surface area contributed by atoms with E-state index in [-0.39, 0.29) is 139 Å². The molecule has 0 saturated heterocycles. The van der Waals surface area contributed by atoms with Crippen molar-refractivity contribution in [2.24, 2.45) is 82.3 Å². The number of carboxylic acids is 1. The van der Waals surface area contributed by atoms with Crippen LogP contribution in [-0.2, 0) is 28.8 Å². The number of hydrogen-bond donors (Lipinski definition) is 18. The minimum absolute atomic E-state index is 0.0102. The van der Waals surface area contributed by atoms with Crippen molar-refractivity contribution in [1.29, 1.82) is 0 Å². The number of carbonyl (C=O) groups excluding carboxylic acids is 6. The van der Waals surface area contributed by atoms with Crippen LogP contribution in [-0.4, -0.2) is 166 Å². The first-order valence-corrected chi connectivity index (χ1v) is 29.0. The molecule has 480 valence electrons. The van der Waals surface area contributed by atoms with Crippen molar-refractivity contribution < 1.29 is 38.7 Å². The Balaban J connectivity index is 1.23. The van der Waals surface area contributed by atoms with E-state index in [4.69, 9.17) is 62.3 Å². The number of aliphatic carboxylic acids is 1. The van der Waals surface area contributed by atoms with E-state index in [2.05, 4.69) is 71.8 Å². The number of aromatic nitrogens is 4. The lowest BCUT2D eigenvalue weighted by molar-refractivity contribution is -0.142. The number of nitrogens with zero attached hydrogens (tertiary/aromatic N) is 8. The van der Waals surface area contributed by atoms with Crippen LogP contribution in [0.3, 0.4) is 0 Å². The summed E-state index contributed by atoms with van der Waals surface area (Å²) in [6, 6.07) is 7.97. The largest absolute Gasteiger partial charge is 0.480 e. The van der Waals surface area contributed by atoms with Crippen molar-refractivity contribution in [3.63, 3.8) is 0 Å². The summed E-state index contributed by atoms with van der Waals surface area (Å²) in [5, 5.41) is 27.8. The van der Waals surface area contributed by atoms with Gasteiger partial charge in [0.05, 0.1) is 22.1 Å². The van der Waals surface area contributed by atoms with E-state index < -0.39 is 65.7 Å². The van der Waals surface area contributed by atoms with Gasteiger partial charge in [0.15, 0.2) is 29.8 Å². The SMILES string of the molecule is NC(N)=NCCC[C@H](NC(=O)[C@H](CCCN=C(N)N)NC(=O)[C@H](CCCN=C(N)N)NC(=O)[C@H](CCCN=C(N)N)NC(=O)[C@H](CCCN=C(N)N)NC(=O)CCCCCNC(=O)c1ccc(-c2nc3c4cccnc4c4ncccc4c3[nH]2)cc1)C(=O)O. The molecular formula is C56H83N25O8. The van der Waals surface area contributed by atoms with Gasteiger partial charge in [-0.25, -0.2) is 9.78 Å². The summed E-state index contributed by atoms with van der Waals surface area (Å²) in [7, 11) is 0. The van der Waals surface area contributed by atoms with Crippen LogP contribution in [0.4, 0.5) is 0 Å². The summed E-state index contributed by atoms with van der Waals surface area (Å²) in [6.45, 7) is 0.615. The van der Waals surface area contributed by atoms with Crippen LogP contribution < -0.4 is 89.2 Å². The number of pyridine rings is 2. The van der Waals surface area contributed by atoms with Crippen molar-refractivity contribution in [3.8, 4) is 11.4 Å². The van der Waals surface area contributed by atoms with Crippen molar-refractivity contribution in [1.82, 2.24) is 51.8 Å². The van der Waals surface area contributed by atoms with Crippen LogP contribution in [0.5, 0.6) is 0 Å². The molecule has 28 N–H and O–H groups in total. The lowest BCUT2D eigenvalue weighted by Crippen LogP contribution is -2.59. The summed E-state index contributed by atoms with van der Waals surface area (Å²) in [5.41, 5.74) is 59.3. The molecule has 0 aliphatic carbocycles. The summed E-state index contributed by atoms with van der Waals surface area (Å²) in [5.74, 6) is -5.90. The van der Waals surface area contributed by atoms with Gasteiger partial charge in [-0.3, -0.25) is 63.7 Å². The Labute approximate surface area is 512 Å². The lowest BCUT2D eigenvalue weighted by atomic mass is 10.0. The number of H-pyrrole nitrogens is 1. The van der Waals surface area contributed by atoms with Gasteiger partial charge < -0.3 is 99.3 Å². The fourth-order valence-electron chi connectivity index (χ4n) is 9.36. The van der Waals surface area contributed by atoms with Gasteiger partial charge in [0.1, 0.15) is 36.0 Å². The van der Waals surface area contributed by atoms with Crippen molar-refractivity contribution in [3.05, 3.63) is 66.5 Å². The highest BCUT2D eigenvalue weighted by atomic mass is 16.4. The molecule has 0 unspecified atom stereocenters. The number of nitrogens with one attached hydrogen (secondary N) is 7. The van der Waals surface area contributed by atoms with Crippen LogP contribution >= 0.6 is 0 Å². The molecule has 0 radical (unpaired) electrons. The second kappa shape index (κ2) is 35.7. The molecule has 0 fully saturated rings. The maximum absolute atomic E-state index is 14.4. The Morgan fingerprint density at radius 2 is 0.854 bits per heavy atom. The predicted octanol–water partition coefficient (Wildman–Crippen LogP) is -2.61. The smallest absolute Gasteiger partial charge is 0.326 e. The van der Waals surface area contributed by atoms with E-state index >= 15 is 0 Å². The third kappa shape index (κ3) is 23.3. The number of rotatable bonds is 38. The number of imidazole rings is 1. The number of guanidine groups is 5. The first-order valence-electron chi connectivity index (χ1n) is 29.0. The molecule has 6 amide bonds. The van der Waals surface area contributed by atoms with E-state index in [1.54, 1.807) is 24.5 Å². The highest BCUT2D eigenvalue weighted by Gasteiger charge is 2.33. The van der Waals surface area contributed by atoms with Crippen LogP contribution in [0, 0.1) is 0 Å². The molecule has 89 heavy (non-hydrogen) atoms. The minimum atomic E-state index is -1.41. The molecule has 0 aliphatic rings. The fraction of sp³-hybridized carbons (Fsp3) is 0.446. The predicted molar refractivity (Wildman–Crippen MR) is 340 cm³/mol. The third-order valence-corrected chi connectivity index (χ3v) is 13.7. The zero-order chi connectivity index (χ0) is 64.8. The minimum Gasteiger partial charge on any atom is -0.480 e. The van der Waals surface area contributed by atoms with Crippen LogP contribution in [0.2, 0.25) is 0 Å². The van der Waals surface area contributed by atoms with Gasteiger partial charge in [0.25, 0.3) is 5.91 Å². The number of aliphatic imine (C=N–C) groups is 5. The second-order valence-corrected chi connectivity index (χ2v) is 20.7. The zero-order valence-electron chi connectivity index (χ0n) is 49.5. The van der Waals surface area contributed by atoms with E-state index in [0.29, 0.717) is 37.2 Å². The Bertz CT molecular complexity index is 3290. The first kappa shape index (κ1) is 69.1. The summed E-state index contributed by atoms with van der Waals surface area (Å²) >= 11 is 0. The molecule has 0 spiro atoms. The summed E-state index contributed by atoms with van der Waals surface area (Å²) in [6.07, 6.45) is 5.48. The maximum atomic E-state index is 14.4. The first-order chi connectivity index (χ1) is 42.6. The standard InChI is InChI=1S/C56H83N25O8/c57-52(58)70-26-6-13-35(75-40(82)18-2-1-3-23-69-46(83)32-21-19-31(20-22-32)45-80-43-33-11-4-24-67-41(33)42-34(44(43)81-45)12-5-25-68-42)47(84)76-36(14-7-27-71-53(59)60)48(85)77-37(15-8-28-72-54(61)62)49(86)78-38(16-9-29-73-55(63)64)50(87)79-39(51(88)89)17-10-30-74-56(65)66/h4-5,11-12,19-22,24-25,35-39H,1-3,6-10,13-18,23,26-30H2,(H,69,83)(H,75,82)(H,76,84)(H,77,85)(H,78,86)(H,79,87)(H,80,81)(H,88,89)(H4,57,58,70)(H4,59,60,71)(H4,61,62,72)(H4,63,64,73)(H4,65,66,74)/t35-,36-,37-,38-,39-/m0/s1. The topological polar surface area (TPSA) is 588 Å². The average Bonchev–Trinajstić information content (AvgIpc) is 1.74. The third-order valence-electron chi connectivity index (χ3n) is 13.7. The maximum Gasteiger partial charge on any atom is 0.326 e. The molecule has 5 atom stereocenters. The molecule has 0 saturated carbocycles. The Kier molecular flexibility index (Phi) is 27.8. The quantitative estimate of drug-likeness (QED) is 0.00833. The van der Waals surface area contributed by atoms with Gasteiger partial charge in [-0.2, -0.15) is 0 Å². The van der Waals surface area contributed by atoms with E-state index in [9.17, 15) is 38.7 Å². The number of aromatic amines is 1. The molecule has 33 heteroatoms. The van der Waals surface area contributed by atoms with Gasteiger partial charge in [0.2, 0.25) is 29.5 Å². The Morgan fingerprint density at radius 3 is 1.28 bits per heavy atom. The second-order valence-electron chi connectivity index (χ2n) is 20.7. The van der Waals surface area contributed by atoms with Gasteiger partial charge in [-0.15, -0.1) is 0 Å². The highest BCUT2D eigenvalue weighted by Crippen LogP contribution is 2.33. The average molecular weight is 1230 g/mol.